The van der Waals surface area contributed by atoms with Crippen molar-refractivity contribution in [1.82, 2.24) is 0 Å². The summed E-state index contributed by atoms with van der Waals surface area (Å²) in [6.07, 6.45) is 5.63. The zero-order chi connectivity index (χ0) is 12.4. The molecule has 1 aliphatic carbocycles. The number of nitrogen functional groups attached to an aromatic ring is 1. The number of phenolic OH excluding ortho intramolecular Hbond substituents is 1. The third kappa shape index (κ3) is 2.52. The van der Waals surface area contributed by atoms with Crippen LogP contribution in [0.4, 0.5) is 10.1 Å². The van der Waals surface area contributed by atoms with E-state index in [1.54, 1.807) is 0 Å². The second-order valence-corrected chi connectivity index (χ2v) is 4.86. The molecule has 94 valence electrons. The van der Waals surface area contributed by atoms with Gasteiger partial charge in [-0.05, 0) is 24.8 Å². The Hall–Kier alpha value is -1.29. The summed E-state index contributed by atoms with van der Waals surface area (Å²) in [4.78, 5) is 0. The van der Waals surface area contributed by atoms with Crippen molar-refractivity contribution >= 4 is 5.69 Å². The molecule has 0 aliphatic heterocycles. The Morgan fingerprint density at radius 3 is 2.53 bits per heavy atom. The minimum atomic E-state index is -0.443. The molecular formula is C13H19FN2O. The predicted octanol–water partition coefficient (Wildman–Crippen LogP) is 2.69. The fourth-order valence-electron chi connectivity index (χ4n) is 2.64. The molecule has 2 rings (SSSR count). The zero-order valence-electron chi connectivity index (χ0n) is 9.82. The normalized spacial score (nSPS) is 19.2. The minimum absolute atomic E-state index is 0.0614. The van der Waals surface area contributed by atoms with Crippen molar-refractivity contribution in [3.63, 3.8) is 0 Å². The molecule has 0 bridgehead atoms. The van der Waals surface area contributed by atoms with Crippen molar-refractivity contribution in [2.75, 3.05) is 5.73 Å². The highest BCUT2D eigenvalue weighted by Crippen LogP contribution is 2.38. The van der Waals surface area contributed by atoms with Crippen LogP contribution in [-0.4, -0.2) is 5.11 Å². The maximum atomic E-state index is 13.3. The largest absolute Gasteiger partial charge is 0.505 e. The Bertz CT molecular complexity index is 403. The quantitative estimate of drug-likeness (QED) is 0.548. The van der Waals surface area contributed by atoms with Gasteiger partial charge in [0.25, 0.3) is 0 Å². The van der Waals surface area contributed by atoms with Crippen molar-refractivity contribution < 1.29 is 9.50 Å². The van der Waals surface area contributed by atoms with Crippen molar-refractivity contribution in [2.24, 2.45) is 11.7 Å². The second kappa shape index (κ2) is 4.92. The van der Waals surface area contributed by atoms with Crippen LogP contribution in [-0.2, 0) is 0 Å². The molecule has 1 aromatic rings. The van der Waals surface area contributed by atoms with Crippen LogP contribution < -0.4 is 11.5 Å². The van der Waals surface area contributed by atoms with Crippen LogP contribution in [0.15, 0.2) is 12.1 Å². The van der Waals surface area contributed by atoms with Gasteiger partial charge in [-0.25, -0.2) is 4.39 Å². The van der Waals surface area contributed by atoms with E-state index in [1.807, 2.05) is 0 Å². The van der Waals surface area contributed by atoms with Gasteiger partial charge < -0.3 is 16.6 Å². The first kappa shape index (κ1) is 12.2. The number of phenols is 1. The average Bonchev–Trinajstić information content (AvgIpc) is 2.34. The summed E-state index contributed by atoms with van der Waals surface area (Å²) in [5.41, 5.74) is 12.2. The van der Waals surface area contributed by atoms with E-state index in [-0.39, 0.29) is 17.5 Å². The highest BCUT2D eigenvalue weighted by atomic mass is 19.1. The van der Waals surface area contributed by atoms with Gasteiger partial charge in [0.1, 0.15) is 11.6 Å². The van der Waals surface area contributed by atoms with Crippen LogP contribution in [0.3, 0.4) is 0 Å². The minimum Gasteiger partial charge on any atom is -0.505 e. The van der Waals surface area contributed by atoms with Gasteiger partial charge in [0.2, 0.25) is 0 Å². The molecule has 4 heteroatoms. The molecule has 0 aromatic heterocycles. The van der Waals surface area contributed by atoms with Gasteiger partial charge in [0.05, 0.1) is 5.69 Å². The van der Waals surface area contributed by atoms with Crippen molar-refractivity contribution in [2.45, 2.75) is 38.1 Å². The van der Waals surface area contributed by atoms with Gasteiger partial charge in [0, 0.05) is 17.7 Å². The summed E-state index contributed by atoms with van der Waals surface area (Å²) in [6.45, 7) is 0. The highest BCUT2D eigenvalue weighted by Gasteiger charge is 2.25. The molecule has 1 fully saturated rings. The molecule has 3 nitrogen and oxygen atoms in total. The van der Waals surface area contributed by atoms with Crippen molar-refractivity contribution in [3.8, 4) is 5.75 Å². The molecule has 1 aliphatic rings. The smallest absolute Gasteiger partial charge is 0.143 e. The van der Waals surface area contributed by atoms with Crippen molar-refractivity contribution in [3.05, 3.63) is 23.5 Å². The van der Waals surface area contributed by atoms with E-state index < -0.39 is 5.82 Å². The number of halogens is 1. The van der Waals surface area contributed by atoms with Gasteiger partial charge in [0.15, 0.2) is 0 Å². The Morgan fingerprint density at radius 1 is 1.24 bits per heavy atom. The number of rotatable bonds is 2. The standard InChI is InChI=1S/C13H19FN2O/c14-9-6-10(13(17)11(15)7-9)12(16)8-4-2-1-3-5-8/h6-8,12,17H,1-5,15-16H2/t12-/m1/s1. The number of hydrogen-bond donors (Lipinski definition) is 3. The van der Waals surface area contributed by atoms with Gasteiger partial charge in [-0.2, -0.15) is 0 Å². The Balaban J connectivity index is 2.26. The second-order valence-electron chi connectivity index (χ2n) is 4.86. The molecule has 0 unspecified atom stereocenters. The number of nitrogens with two attached hydrogens (primary N) is 2. The van der Waals surface area contributed by atoms with Crippen LogP contribution in [0.25, 0.3) is 0 Å². The summed E-state index contributed by atoms with van der Waals surface area (Å²) >= 11 is 0. The van der Waals surface area contributed by atoms with Gasteiger partial charge in [-0.3, -0.25) is 0 Å². The molecule has 0 heterocycles. The van der Waals surface area contributed by atoms with Crippen LogP contribution in [0.5, 0.6) is 5.75 Å². The predicted molar refractivity (Wildman–Crippen MR) is 66.0 cm³/mol. The molecule has 1 atom stereocenters. The van der Waals surface area contributed by atoms with E-state index in [2.05, 4.69) is 0 Å². The van der Waals surface area contributed by atoms with Crippen LogP contribution in [0.1, 0.15) is 43.7 Å². The number of hydrogen-bond acceptors (Lipinski definition) is 3. The molecule has 0 radical (unpaired) electrons. The maximum Gasteiger partial charge on any atom is 0.143 e. The lowest BCUT2D eigenvalue weighted by atomic mass is 9.81. The summed E-state index contributed by atoms with van der Waals surface area (Å²) in [6, 6.07) is 2.09. The zero-order valence-corrected chi connectivity index (χ0v) is 9.82. The van der Waals surface area contributed by atoms with E-state index in [1.165, 1.54) is 12.5 Å². The summed E-state index contributed by atoms with van der Waals surface area (Å²) in [7, 11) is 0. The Kier molecular flexibility index (Phi) is 3.52. The first-order chi connectivity index (χ1) is 8.09. The third-order valence-electron chi connectivity index (χ3n) is 3.65. The van der Waals surface area contributed by atoms with Gasteiger partial charge in [-0.15, -0.1) is 0 Å². The monoisotopic (exact) mass is 238 g/mol. The first-order valence-electron chi connectivity index (χ1n) is 6.13. The summed E-state index contributed by atoms with van der Waals surface area (Å²) < 4.78 is 13.3. The topological polar surface area (TPSA) is 72.3 Å². The molecule has 0 amide bonds. The fourth-order valence-corrected chi connectivity index (χ4v) is 2.64. The van der Waals surface area contributed by atoms with E-state index in [4.69, 9.17) is 11.5 Å². The maximum absolute atomic E-state index is 13.3. The van der Waals surface area contributed by atoms with E-state index in [0.717, 1.165) is 31.7 Å². The summed E-state index contributed by atoms with van der Waals surface area (Å²) in [5, 5.41) is 9.85. The fraction of sp³-hybridized carbons (Fsp3) is 0.538. The van der Waals surface area contributed by atoms with Gasteiger partial charge in [-0.1, -0.05) is 19.3 Å². The van der Waals surface area contributed by atoms with Gasteiger partial charge >= 0.3 is 0 Å². The third-order valence-corrected chi connectivity index (χ3v) is 3.65. The van der Waals surface area contributed by atoms with E-state index >= 15 is 0 Å². The van der Waals surface area contributed by atoms with E-state index in [9.17, 15) is 9.50 Å². The van der Waals surface area contributed by atoms with E-state index in [0.29, 0.717) is 11.5 Å². The molecule has 17 heavy (non-hydrogen) atoms. The Morgan fingerprint density at radius 2 is 1.88 bits per heavy atom. The number of benzene rings is 1. The first-order valence-corrected chi connectivity index (χ1v) is 6.13. The molecular weight excluding hydrogens is 219 g/mol. The molecule has 0 saturated heterocycles. The number of aromatic hydroxyl groups is 1. The van der Waals surface area contributed by atoms with Crippen LogP contribution >= 0.6 is 0 Å². The average molecular weight is 238 g/mol. The molecule has 1 saturated carbocycles. The number of anilines is 1. The molecule has 1 aromatic carbocycles. The SMILES string of the molecule is Nc1cc(F)cc([C@H](N)C2CCCCC2)c1O. The summed E-state index contributed by atoms with van der Waals surface area (Å²) in [5.74, 6) is -0.193. The molecule has 0 spiro atoms. The Labute approximate surface area is 101 Å². The lowest BCUT2D eigenvalue weighted by Gasteiger charge is -2.28. The van der Waals surface area contributed by atoms with Crippen LogP contribution in [0, 0.1) is 11.7 Å². The molecule has 5 N–H and O–H groups in total. The highest BCUT2D eigenvalue weighted by molar-refractivity contribution is 5.57. The van der Waals surface area contributed by atoms with Crippen molar-refractivity contribution in [1.29, 1.82) is 0 Å². The lowest BCUT2D eigenvalue weighted by molar-refractivity contribution is 0.302. The lowest BCUT2D eigenvalue weighted by Crippen LogP contribution is -2.24. The van der Waals surface area contributed by atoms with Crippen LogP contribution in [0.2, 0.25) is 0 Å².